The number of hydrogen-bond donors (Lipinski definition) is 1. The Labute approximate surface area is 220 Å². The molecule has 9 heteroatoms. The van der Waals surface area contributed by atoms with E-state index in [9.17, 15) is 9.59 Å². The molecule has 1 aromatic heterocycles. The number of nitrogens with zero attached hydrogens (tertiary/aromatic N) is 2. The topological polar surface area (TPSA) is 61.9 Å². The van der Waals surface area contributed by atoms with Crippen molar-refractivity contribution in [3.8, 4) is 0 Å². The van der Waals surface area contributed by atoms with E-state index in [0.717, 1.165) is 10.4 Å². The average Bonchev–Trinajstić information content (AvgIpc) is 3.36. The molecule has 1 N–H and O–H groups in total. The molecule has 186 valence electrons. The Bertz CT molecular complexity index is 1080. The summed E-state index contributed by atoms with van der Waals surface area (Å²) in [4.78, 5) is 31.0. The first kappa shape index (κ1) is 27.0. The lowest BCUT2D eigenvalue weighted by Crippen LogP contribution is -2.44. The number of carbonyl (C=O) groups excluding carboxylic acids is 2. The van der Waals surface area contributed by atoms with E-state index in [1.807, 2.05) is 54.8 Å². The lowest BCUT2D eigenvalue weighted by Gasteiger charge is -2.28. The van der Waals surface area contributed by atoms with Crippen molar-refractivity contribution >= 4 is 52.2 Å². The Morgan fingerprint density at radius 3 is 2.46 bits per heavy atom. The van der Waals surface area contributed by atoms with Gasteiger partial charge in [-0.2, -0.15) is 0 Å². The lowest BCUT2D eigenvalue weighted by molar-refractivity contribution is -0.133. The van der Waals surface area contributed by atoms with E-state index >= 15 is 0 Å². The van der Waals surface area contributed by atoms with Crippen LogP contribution in [0.3, 0.4) is 0 Å². The number of ether oxygens (including phenoxy) is 1. The molecule has 2 aromatic carbocycles. The molecule has 0 saturated heterocycles. The van der Waals surface area contributed by atoms with Gasteiger partial charge >= 0.3 is 6.03 Å². The summed E-state index contributed by atoms with van der Waals surface area (Å²) in [5.74, 6) is -0.136. The number of thiophene rings is 1. The summed E-state index contributed by atoms with van der Waals surface area (Å²) in [6.07, 6.45) is 0.611. The fourth-order valence-electron chi connectivity index (χ4n) is 3.42. The van der Waals surface area contributed by atoms with Gasteiger partial charge in [0.1, 0.15) is 6.54 Å². The number of hydrogen-bond acceptors (Lipinski definition) is 4. The fraction of sp³-hybridized carbons (Fsp3) is 0.308. The summed E-state index contributed by atoms with van der Waals surface area (Å²) >= 11 is 13.7. The van der Waals surface area contributed by atoms with Crippen LogP contribution in [0.25, 0.3) is 0 Å². The summed E-state index contributed by atoms with van der Waals surface area (Å²) < 4.78 is 5.43. The molecular weight excluding hydrogens is 505 g/mol. The minimum absolute atomic E-state index is 0.0580. The Morgan fingerprint density at radius 1 is 0.971 bits per heavy atom. The van der Waals surface area contributed by atoms with Crippen molar-refractivity contribution in [1.29, 1.82) is 0 Å². The van der Waals surface area contributed by atoms with E-state index in [4.69, 9.17) is 27.9 Å². The van der Waals surface area contributed by atoms with Crippen LogP contribution in [0.2, 0.25) is 10.0 Å². The number of rotatable bonds is 12. The van der Waals surface area contributed by atoms with E-state index in [2.05, 4.69) is 5.32 Å². The van der Waals surface area contributed by atoms with Crippen molar-refractivity contribution in [3.05, 3.63) is 86.5 Å². The molecule has 0 fully saturated rings. The molecule has 3 rings (SSSR count). The van der Waals surface area contributed by atoms with Crippen LogP contribution in [-0.4, -0.2) is 48.0 Å². The predicted octanol–water partition coefficient (Wildman–Crippen LogP) is 6.54. The number of nitrogens with one attached hydrogen (secondary N) is 1. The Kier molecular flexibility index (Phi) is 10.9. The van der Waals surface area contributed by atoms with Crippen LogP contribution in [0.15, 0.2) is 66.0 Å². The largest absolute Gasteiger partial charge is 0.382 e. The normalized spacial score (nSPS) is 10.7. The maximum absolute atomic E-state index is 13.5. The first-order valence-corrected chi connectivity index (χ1v) is 13.0. The lowest BCUT2D eigenvalue weighted by atomic mass is 10.2. The third-order valence-electron chi connectivity index (χ3n) is 5.20. The quantitative estimate of drug-likeness (QED) is 0.268. The highest BCUT2D eigenvalue weighted by atomic mass is 35.5. The smallest absolute Gasteiger partial charge is 0.322 e. The number of halogens is 2. The molecule has 0 unspecified atom stereocenters. The predicted molar refractivity (Wildman–Crippen MR) is 143 cm³/mol. The van der Waals surface area contributed by atoms with Crippen molar-refractivity contribution in [2.75, 3.05) is 31.6 Å². The molecule has 0 atom stereocenters. The molecule has 1 heterocycles. The van der Waals surface area contributed by atoms with Gasteiger partial charge in [-0.15, -0.1) is 11.3 Å². The van der Waals surface area contributed by atoms with Crippen LogP contribution < -0.4 is 5.32 Å². The van der Waals surface area contributed by atoms with Gasteiger partial charge in [-0.3, -0.25) is 4.79 Å². The second kappa shape index (κ2) is 14.1. The highest BCUT2D eigenvalue weighted by Gasteiger charge is 2.22. The van der Waals surface area contributed by atoms with Crippen molar-refractivity contribution in [3.63, 3.8) is 0 Å². The standard InChI is InChI=1S/C26H29Cl2N3O3S/c1-2-34-14-7-13-30(26(33)29-21-11-12-23(27)24(28)16-21)19-25(32)31(18-22-10-6-15-35-22)17-20-8-4-3-5-9-20/h3-6,8-12,15-16H,2,7,13-14,17-19H2,1H3,(H,29,33). The second-order valence-corrected chi connectivity index (χ2v) is 9.69. The molecule has 0 aliphatic heterocycles. The van der Waals surface area contributed by atoms with Gasteiger partial charge in [-0.1, -0.05) is 59.6 Å². The second-order valence-electron chi connectivity index (χ2n) is 7.85. The van der Waals surface area contributed by atoms with Gasteiger partial charge in [0.15, 0.2) is 0 Å². The van der Waals surface area contributed by atoms with E-state index in [0.29, 0.717) is 55.0 Å². The Hall–Kier alpha value is -2.58. The van der Waals surface area contributed by atoms with Crippen LogP contribution in [-0.2, 0) is 22.6 Å². The monoisotopic (exact) mass is 533 g/mol. The molecule has 0 spiro atoms. The minimum Gasteiger partial charge on any atom is -0.382 e. The summed E-state index contributed by atoms with van der Waals surface area (Å²) in [5.41, 5.74) is 1.53. The van der Waals surface area contributed by atoms with Crippen molar-refractivity contribution < 1.29 is 14.3 Å². The minimum atomic E-state index is -0.385. The van der Waals surface area contributed by atoms with Crippen molar-refractivity contribution in [1.82, 2.24) is 9.80 Å². The van der Waals surface area contributed by atoms with Gasteiger partial charge in [-0.25, -0.2) is 4.79 Å². The average molecular weight is 535 g/mol. The Balaban J connectivity index is 1.74. The van der Waals surface area contributed by atoms with E-state index in [-0.39, 0.29) is 18.5 Å². The van der Waals surface area contributed by atoms with Crippen LogP contribution in [0, 0.1) is 0 Å². The molecule has 0 aliphatic carbocycles. The summed E-state index contributed by atoms with van der Waals surface area (Å²) in [5, 5.41) is 5.56. The molecule has 3 aromatic rings. The number of amides is 3. The molecule has 0 radical (unpaired) electrons. The molecular formula is C26H29Cl2N3O3S. The maximum Gasteiger partial charge on any atom is 0.322 e. The van der Waals surface area contributed by atoms with Crippen LogP contribution in [0.5, 0.6) is 0 Å². The number of anilines is 1. The van der Waals surface area contributed by atoms with E-state index in [1.165, 1.54) is 4.90 Å². The van der Waals surface area contributed by atoms with E-state index in [1.54, 1.807) is 34.4 Å². The van der Waals surface area contributed by atoms with Gasteiger partial charge in [0.2, 0.25) is 5.91 Å². The zero-order valence-corrected chi connectivity index (χ0v) is 21.9. The molecule has 0 aliphatic rings. The molecule has 3 amide bonds. The number of urea groups is 1. The van der Waals surface area contributed by atoms with Gasteiger partial charge in [-0.05, 0) is 48.6 Å². The number of benzene rings is 2. The molecule has 0 saturated carbocycles. The van der Waals surface area contributed by atoms with E-state index < -0.39 is 0 Å². The zero-order chi connectivity index (χ0) is 25.0. The summed E-state index contributed by atoms with van der Waals surface area (Å²) in [6, 6.07) is 18.3. The maximum atomic E-state index is 13.5. The molecule has 6 nitrogen and oxygen atoms in total. The van der Waals surface area contributed by atoms with Gasteiger partial charge < -0.3 is 19.9 Å². The highest BCUT2D eigenvalue weighted by Crippen LogP contribution is 2.25. The fourth-order valence-corrected chi connectivity index (χ4v) is 4.44. The first-order valence-electron chi connectivity index (χ1n) is 11.4. The zero-order valence-electron chi connectivity index (χ0n) is 19.6. The van der Waals surface area contributed by atoms with Crippen LogP contribution in [0.1, 0.15) is 23.8 Å². The molecule has 35 heavy (non-hydrogen) atoms. The third-order valence-corrected chi connectivity index (χ3v) is 6.80. The Morgan fingerprint density at radius 2 is 1.77 bits per heavy atom. The third kappa shape index (κ3) is 8.85. The highest BCUT2D eigenvalue weighted by molar-refractivity contribution is 7.09. The first-order chi connectivity index (χ1) is 17.0. The van der Waals surface area contributed by atoms with Crippen molar-refractivity contribution in [2.24, 2.45) is 0 Å². The number of carbonyl (C=O) groups is 2. The van der Waals surface area contributed by atoms with Crippen molar-refractivity contribution in [2.45, 2.75) is 26.4 Å². The van der Waals surface area contributed by atoms with Gasteiger partial charge in [0, 0.05) is 36.9 Å². The van der Waals surface area contributed by atoms with Crippen LogP contribution >= 0.6 is 34.5 Å². The summed E-state index contributed by atoms with van der Waals surface area (Å²) in [6.45, 7) is 4.27. The SMILES string of the molecule is CCOCCCN(CC(=O)N(Cc1ccccc1)Cc1cccs1)C(=O)Nc1ccc(Cl)c(Cl)c1. The molecule has 0 bridgehead atoms. The van der Waals surface area contributed by atoms with Gasteiger partial charge in [0.25, 0.3) is 0 Å². The van der Waals surface area contributed by atoms with Gasteiger partial charge in [0.05, 0.1) is 16.6 Å². The van der Waals surface area contributed by atoms with Crippen LogP contribution in [0.4, 0.5) is 10.5 Å². The summed E-state index contributed by atoms with van der Waals surface area (Å²) in [7, 11) is 0.